The number of hydrogen-bond donors (Lipinski definition) is 2. The van der Waals surface area contributed by atoms with Crippen molar-refractivity contribution in [3.8, 4) is 0 Å². The number of carbonyl (C=O) groups excluding carboxylic acids is 1. The maximum atomic E-state index is 12.4. The largest absolute Gasteiger partial charge is 0.371 e. The minimum Gasteiger partial charge on any atom is -0.371 e. The Kier molecular flexibility index (Phi) is 7.25. The first-order valence-corrected chi connectivity index (χ1v) is 11.4. The van der Waals surface area contributed by atoms with Gasteiger partial charge in [-0.25, -0.2) is 4.79 Å². The molecule has 2 aliphatic rings. The van der Waals surface area contributed by atoms with E-state index in [0.29, 0.717) is 12.5 Å². The quantitative estimate of drug-likeness (QED) is 0.731. The molecular formula is C25H34N4O. The molecule has 2 heterocycles. The van der Waals surface area contributed by atoms with Gasteiger partial charge in [-0.3, -0.25) is 4.90 Å². The Labute approximate surface area is 180 Å². The zero-order chi connectivity index (χ0) is 20.6. The number of hydrogen-bond acceptors (Lipinski definition) is 3. The van der Waals surface area contributed by atoms with E-state index in [-0.39, 0.29) is 6.03 Å². The first kappa shape index (κ1) is 20.7. The van der Waals surface area contributed by atoms with Gasteiger partial charge in [0.15, 0.2) is 0 Å². The van der Waals surface area contributed by atoms with E-state index in [1.165, 1.54) is 49.2 Å². The molecule has 2 amide bonds. The molecule has 2 aromatic carbocycles. The normalized spacial score (nSPS) is 19.6. The van der Waals surface area contributed by atoms with Gasteiger partial charge in [0.25, 0.3) is 0 Å². The second-order valence-electron chi connectivity index (χ2n) is 8.61. The van der Waals surface area contributed by atoms with E-state index in [1.54, 1.807) is 0 Å². The topological polar surface area (TPSA) is 47.6 Å². The summed E-state index contributed by atoms with van der Waals surface area (Å²) >= 11 is 0. The number of benzene rings is 2. The van der Waals surface area contributed by atoms with Gasteiger partial charge in [0, 0.05) is 38.4 Å². The lowest BCUT2D eigenvalue weighted by Gasteiger charge is -2.27. The van der Waals surface area contributed by atoms with Gasteiger partial charge < -0.3 is 15.5 Å². The molecule has 0 bridgehead atoms. The average molecular weight is 407 g/mol. The minimum absolute atomic E-state index is 0.0686. The molecule has 0 radical (unpaired) electrons. The molecule has 160 valence electrons. The van der Waals surface area contributed by atoms with Crippen LogP contribution in [0.5, 0.6) is 0 Å². The lowest BCUT2D eigenvalue weighted by Crippen LogP contribution is -2.38. The van der Waals surface area contributed by atoms with Gasteiger partial charge in [-0.2, -0.15) is 0 Å². The number of piperidine rings is 1. The Morgan fingerprint density at radius 3 is 2.40 bits per heavy atom. The van der Waals surface area contributed by atoms with E-state index < -0.39 is 0 Å². The van der Waals surface area contributed by atoms with Crippen molar-refractivity contribution in [3.05, 3.63) is 65.7 Å². The smallest absolute Gasteiger partial charge is 0.315 e. The zero-order valence-electron chi connectivity index (χ0n) is 17.9. The zero-order valence-corrected chi connectivity index (χ0v) is 17.9. The summed E-state index contributed by atoms with van der Waals surface area (Å²) in [5.74, 6) is 0.502. The predicted molar refractivity (Wildman–Crippen MR) is 123 cm³/mol. The van der Waals surface area contributed by atoms with Gasteiger partial charge in [-0.05, 0) is 61.5 Å². The van der Waals surface area contributed by atoms with Gasteiger partial charge in [0.1, 0.15) is 0 Å². The van der Waals surface area contributed by atoms with Crippen LogP contribution in [0.4, 0.5) is 10.5 Å². The second-order valence-corrected chi connectivity index (χ2v) is 8.61. The van der Waals surface area contributed by atoms with Crippen LogP contribution in [0.3, 0.4) is 0 Å². The number of anilines is 1. The summed E-state index contributed by atoms with van der Waals surface area (Å²) in [4.78, 5) is 17.3. The summed E-state index contributed by atoms with van der Waals surface area (Å²) in [6, 6.07) is 18.9. The van der Waals surface area contributed by atoms with Crippen LogP contribution in [-0.2, 0) is 13.1 Å². The van der Waals surface area contributed by atoms with Crippen molar-refractivity contribution in [2.75, 3.05) is 37.6 Å². The standard InChI is InChI=1S/C25H34N4O/c30-25(26-17-21-13-16-29(19-21)24-11-3-1-4-12-24)27-18-22-9-5-6-10-23(22)20-28-14-7-2-8-15-28/h1,3-6,9-12,21H,2,7-8,13-20H2,(H2,26,27,30)/t21-/m0/s1. The molecule has 2 aromatic rings. The van der Waals surface area contributed by atoms with Crippen LogP contribution in [0.1, 0.15) is 36.8 Å². The third-order valence-corrected chi connectivity index (χ3v) is 6.36. The van der Waals surface area contributed by atoms with Crippen molar-refractivity contribution in [2.45, 2.75) is 38.8 Å². The fraction of sp³-hybridized carbons (Fsp3) is 0.480. The van der Waals surface area contributed by atoms with Crippen molar-refractivity contribution in [3.63, 3.8) is 0 Å². The molecule has 5 nitrogen and oxygen atoms in total. The van der Waals surface area contributed by atoms with E-state index in [4.69, 9.17) is 0 Å². The van der Waals surface area contributed by atoms with Crippen molar-refractivity contribution >= 4 is 11.7 Å². The SMILES string of the molecule is O=C(NCc1ccccc1CN1CCCCC1)NC[C@@H]1CCN(c2ccccc2)C1. The summed E-state index contributed by atoms with van der Waals surface area (Å²) in [6.07, 6.45) is 5.06. The molecule has 0 aliphatic carbocycles. The summed E-state index contributed by atoms with van der Waals surface area (Å²) in [6.45, 7) is 6.72. The maximum absolute atomic E-state index is 12.4. The molecular weight excluding hydrogens is 372 g/mol. The fourth-order valence-electron chi connectivity index (χ4n) is 4.59. The monoisotopic (exact) mass is 406 g/mol. The van der Waals surface area contributed by atoms with Crippen LogP contribution < -0.4 is 15.5 Å². The molecule has 30 heavy (non-hydrogen) atoms. The van der Waals surface area contributed by atoms with E-state index in [2.05, 4.69) is 69.0 Å². The Bertz CT molecular complexity index is 804. The maximum Gasteiger partial charge on any atom is 0.315 e. The highest BCUT2D eigenvalue weighted by molar-refractivity contribution is 5.73. The molecule has 5 heteroatoms. The third-order valence-electron chi connectivity index (χ3n) is 6.36. The summed E-state index contributed by atoms with van der Waals surface area (Å²) < 4.78 is 0. The molecule has 0 spiro atoms. The van der Waals surface area contributed by atoms with Gasteiger partial charge in [0.05, 0.1) is 0 Å². The summed E-state index contributed by atoms with van der Waals surface area (Å²) in [7, 11) is 0. The van der Waals surface area contributed by atoms with Crippen LogP contribution in [0.15, 0.2) is 54.6 Å². The highest BCUT2D eigenvalue weighted by Crippen LogP contribution is 2.23. The molecule has 1 atom stereocenters. The van der Waals surface area contributed by atoms with Crippen molar-refractivity contribution in [2.24, 2.45) is 5.92 Å². The van der Waals surface area contributed by atoms with Gasteiger partial charge in [0.2, 0.25) is 0 Å². The molecule has 2 N–H and O–H groups in total. The van der Waals surface area contributed by atoms with Gasteiger partial charge in [-0.15, -0.1) is 0 Å². The van der Waals surface area contributed by atoms with Gasteiger partial charge in [-0.1, -0.05) is 48.9 Å². The van der Waals surface area contributed by atoms with E-state index in [1.807, 2.05) is 6.07 Å². The first-order valence-electron chi connectivity index (χ1n) is 11.4. The lowest BCUT2D eigenvalue weighted by molar-refractivity contribution is 0.220. The number of likely N-dealkylation sites (tertiary alicyclic amines) is 1. The number of carbonyl (C=O) groups is 1. The number of urea groups is 1. The van der Waals surface area contributed by atoms with E-state index in [9.17, 15) is 4.79 Å². The second kappa shape index (κ2) is 10.5. The van der Waals surface area contributed by atoms with Crippen LogP contribution in [0, 0.1) is 5.92 Å². The Morgan fingerprint density at radius 2 is 1.60 bits per heavy atom. The highest BCUT2D eigenvalue weighted by Gasteiger charge is 2.23. The van der Waals surface area contributed by atoms with Crippen molar-refractivity contribution in [1.82, 2.24) is 15.5 Å². The van der Waals surface area contributed by atoms with Crippen molar-refractivity contribution in [1.29, 1.82) is 0 Å². The third kappa shape index (κ3) is 5.76. The molecule has 0 saturated carbocycles. The van der Waals surface area contributed by atoms with E-state index in [0.717, 1.165) is 32.6 Å². The molecule has 2 saturated heterocycles. The molecule has 0 unspecified atom stereocenters. The number of nitrogens with one attached hydrogen (secondary N) is 2. The summed E-state index contributed by atoms with van der Waals surface area (Å²) in [5, 5.41) is 6.14. The number of para-hydroxylation sites is 1. The summed E-state index contributed by atoms with van der Waals surface area (Å²) in [5.41, 5.74) is 3.82. The van der Waals surface area contributed by atoms with E-state index >= 15 is 0 Å². The predicted octanol–water partition coefficient (Wildman–Crippen LogP) is 4.00. The number of rotatable bonds is 7. The van der Waals surface area contributed by atoms with Crippen LogP contribution in [0.2, 0.25) is 0 Å². The Morgan fingerprint density at radius 1 is 0.867 bits per heavy atom. The van der Waals surface area contributed by atoms with Crippen LogP contribution in [-0.4, -0.2) is 43.7 Å². The first-order chi connectivity index (χ1) is 14.8. The molecule has 2 fully saturated rings. The van der Waals surface area contributed by atoms with Gasteiger partial charge >= 0.3 is 6.03 Å². The fourth-order valence-corrected chi connectivity index (χ4v) is 4.59. The molecule has 0 aromatic heterocycles. The average Bonchev–Trinajstić information content (AvgIpc) is 3.28. The Hall–Kier alpha value is -2.53. The number of amides is 2. The highest BCUT2D eigenvalue weighted by atomic mass is 16.2. The lowest BCUT2D eigenvalue weighted by atomic mass is 10.0. The van der Waals surface area contributed by atoms with Crippen molar-refractivity contribution < 1.29 is 4.79 Å². The number of nitrogens with zero attached hydrogens (tertiary/aromatic N) is 2. The van der Waals surface area contributed by atoms with Crippen LogP contribution >= 0.6 is 0 Å². The molecule has 2 aliphatic heterocycles. The Balaban J connectivity index is 1.21. The minimum atomic E-state index is -0.0686. The van der Waals surface area contributed by atoms with Crippen LogP contribution in [0.25, 0.3) is 0 Å². The molecule has 4 rings (SSSR count).